The number of rotatable bonds is 5. The lowest BCUT2D eigenvalue weighted by atomic mass is 10.2. The zero-order chi connectivity index (χ0) is 9.84. The standard InChI is InChI=1S/C9H19N3O/c1-3-6-12(8-4-5-8)7(2)9(10)11-13/h7-8,13H,3-6H2,1-2H3,(H2,10,11). The minimum Gasteiger partial charge on any atom is -0.409 e. The van der Waals surface area contributed by atoms with Crippen molar-refractivity contribution in [2.75, 3.05) is 6.54 Å². The molecule has 4 nitrogen and oxygen atoms in total. The molecule has 0 heterocycles. The third kappa shape index (κ3) is 2.59. The fraction of sp³-hybridized carbons (Fsp3) is 0.889. The maximum absolute atomic E-state index is 8.56. The second kappa shape index (κ2) is 4.46. The van der Waals surface area contributed by atoms with E-state index in [-0.39, 0.29) is 6.04 Å². The van der Waals surface area contributed by atoms with Crippen molar-refractivity contribution >= 4 is 5.84 Å². The molecule has 0 spiro atoms. The van der Waals surface area contributed by atoms with Crippen molar-refractivity contribution in [2.24, 2.45) is 10.9 Å². The Morgan fingerprint density at radius 2 is 2.31 bits per heavy atom. The predicted molar refractivity (Wildman–Crippen MR) is 52.9 cm³/mol. The Balaban J connectivity index is 2.52. The Morgan fingerprint density at radius 1 is 1.69 bits per heavy atom. The van der Waals surface area contributed by atoms with Crippen LogP contribution in [-0.4, -0.2) is 34.6 Å². The molecule has 1 aliphatic rings. The van der Waals surface area contributed by atoms with E-state index in [1.807, 2.05) is 6.92 Å². The van der Waals surface area contributed by atoms with Gasteiger partial charge in [0.2, 0.25) is 0 Å². The summed E-state index contributed by atoms with van der Waals surface area (Å²) in [5, 5.41) is 11.6. The van der Waals surface area contributed by atoms with E-state index in [0.29, 0.717) is 11.9 Å². The van der Waals surface area contributed by atoms with Crippen LogP contribution in [0.4, 0.5) is 0 Å². The van der Waals surface area contributed by atoms with Gasteiger partial charge in [0.15, 0.2) is 5.84 Å². The van der Waals surface area contributed by atoms with Crippen LogP contribution in [0.25, 0.3) is 0 Å². The van der Waals surface area contributed by atoms with Gasteiger partial charge in [0.25, 0.3) is 0 Å². The summed E-state index contributed by atoms with van der Waals surface area (Å²) in [7, 11) is 0. The summed E-state index contributed by atoms with van der Waals surface area (Å²) in [6.45, 7) is 5.17. The summed E-state index contributed by atoms with van der Waals surface area (Å²) in [6.07, 6.45) is 3.62. The highest BCUT2D eigenvalue weighted by molar-refractivity contribution is 5.84. The van der Waals surface area contributed by atoms with Crippen molar-refractivity contribution in [1.29, 1.82) is 0 Å². The molecule has 3 N–H and O–H groups in total. The van der Waals surface area contributed by atoms with Gasteiger partial charge < -0.3 is 10.9 Å². The lowest BCUT2D eigenvalue weighted by Crippen LogP contribution is -2.44. The monoisotopic (exact) mass is 185 g/mol. The van der Waals surface area contributed by atoms with Crippen LogP contribution in [0.1, 0.15) is 33.1 Å². The molecule has 0 radical (unpaired) electrons. The SMILES string of the molecule is CCCN(C1CC1)C(C)C(N)=NO. The average molecular weight is 185 g/mol. The van der Waals surface area contributed by atoms with Crippen molar-refractivity contribution in [3.63, 3.8) is 0 Å². The van der Waals surface area contributed by atoms with Crippen LogP contribution in [-0.2, 0) is 0 Å². The lowest BCUT2D eigenvalue weighted by molar-refractivity contribution is 0.234. The Morgan fingerprint density at radius 3 is 2.69 bits per heavy atom. The van der Waals surface area contributed by atoms with E-state index in [2.05, 4.69) is 17.0 Å². The van der Waals surface area contributed by atoms with Gasteiger partial charge in [-0.05, 0) is 32.7 Å². The predicted octanol–water partition coefficient (Wildman–Crippen LogP) is 0.996. The van der Waals surface area contributed by atoms with E-state index in [9.17, 15) is 0 Å². The Hall–Kier alpha value is -0.770. The Labute approximate surface area is 79.4 Å². The van der Waals surface area contributed by atoms with E-state index < -0.39 is 0 Å². The fourth-order valence-electron chi connectivity index (χ4n) is 1.61. The fourth-order valence-corrected chi connectivity index (χ4v) is 1.61. The summed E-state index contributed by atoms with van der Waals surface area (Å²) in [5.41, 5.74) is 5.57. The lowest BCUT2D eigenvalue weighted by Gasteiger charge is -2.27. The van der Waals surface area contributed by atoms with Crippen molar-refractivity contribution in [2.45, 2.75) is 45.2 Å². The van der Waals surface area contributed by atoms with Gasteiger partial charge in [-0.3, -0.25) is 4.90 Å². The van der Waals surface area contributed by atoms with E-state index >= 15 is 0 Å². The number of nitrogens with zero attached hydrogens (tertiary/aromatic N) is 2. The zero-order valence-electron chi connectivity index (χ0n) is 8.40. The first kappa shape index (κ1) is 10.3. The topological polar surface area (TPSA) is 61.8 Å². The van der Waals surface area contributed by atoms with Gasteiger partial charge in [-0.15, -0.1) is 0 Å². The Kier molecular flexibility index (Phi) is 3.54. The number of amidine groups is 1. The van der Waals surface area contributed by atoms with Gasteiger partial charge in [-0.2, -0.15) is 0 Å². The molecule has 76 valence electrons. The smallest absolute Gasteiger partial charge is 0.156 e. The van der Waals surface area contributed by atoms with Gasteiger partial charge >= 0.3 is 0 Å². The van der Waals surface area contributed by atoms with Crippen molar-refractivity contribution < 1.29 is 5.21 Å². The quantitative estimate of drug-likeness (QED) is 0.291. The van der Waals surface area contributed by atoms with Gasteiger partial charge in [0.05, 0.1) is 6.04 Å². The molecule has 1 atom stereocenters. The third-order valence-electron chi connectivity index (χ3n) is 2.54. The zero-order valence-corrected chi connectivity index (χ0v) is 8.40. The molecule has 0 aliphatic heterocycles. The normalized spacial score (nSPS) is 20.7. The van der Waals surface area contributed by atoms with Gasteiger partial charge in [-0.25, -0.2) is 0 Å². The van der Waals surface area contributed by atoms with Crippen LogP contribution < -0.4 is 5.73 Å². The summed E-state index contributed by atoms with van der Waals surface area (Å²) < 4.78 is 0. The highest BCUT2D eigenvalue weighted by Crippen LogP contribution is 2.28. The van der Waals surface area contributed by atoms with Crippen molar-refractivity contribution in [3.05, 3.63) is 0 Å². The van der Waals surface area contributed by atoms with Gasteiger partial charge in [0, 0.05) is 6.04 Å². The summed E-state index contributed by atoms with van der Waals surface area (Å²) in [6, 6.07) is 0.729. The molecule has 1 fully saturated rings. The largest absolute Gasteiger partial charge is 0.409 e. The molecular weight excluding hydrogens is 166 g/mol. The minimum atomic E-state index is 0.0671. The third-order valence-corrected chi connectivity index (χ3v) is 2.54. The second-order valence-electron chi connectivity index (χ2n) is 3.67. The second-order valence-corrected chi connectivity index (χ2v) is 3.67. The van der Waals surface area contributed by atoms with E-state index in [1.54, 1.807) is 0 Å². The van der Waals surface area contributed by atoms with Crippen LogP contribution in [0.5, 0.6) is 0 Å². The van der Waals surface area contributed by atoms with E-state index in [0.717, 1.165) is 13.0 Å². The molecule has 0 aromatic carbocycles. The highest BCUT2D eigenvalue weighted by Gasteiger charge is 2.32. The average Bonchev–Trinajstić information content (AvgIpc) is 2.95. The van der Waals surface area contributed by atoms with Crippen molar-refractivity contribution in [1.82, 2.24) is 4.90 Å². The van der Waals surface area contributed by atoms with Crippen LogP contribution in [0.2, 0.25) is 0 Å². The molecular formula is C9H19N3O. The molecule has 1 rings (SSSR count). The maximum atomic E-state index is 8.56. The number of oxime groups is 1. The van der Waals surface area contributed by atoms with Crippen LogP contribution in [0, 0.1) is 0 Å². The van der Waals surface area contributed by atoms with Crippen LogP contribution in [0.3, 0.4) is 0 Å². The summed E-state index contributed by atoms with van der Waals surface area (Å²) in [5.74, 6) is 0.320. The molecule has 13 heavy (non-hydrogen) atoms. The minimum absolute atomic E-state index is 0.0671. The number of hydrogen-bond acceptors (Lipinski definition) is 3. The van der Waals surface area contributed by atoms with Gasteiger partial charge in [-0.1, -0.05) is 12.1 Å². The molecule has 1 unspecified atom stereocenters. The molecule has 1 aliphatic carbocycles. The number of nitrogens with two attached hydrogens (primary N) is 1. The molecule has 0 amide bonds. The van der Waals surface area contributed by atoms with Gasteiger partial charge in [0.1, 0.15) is 0 Å². The molecule has 0 bridgehead atoms. The molecule has 1 saturated carbocycles. The first-order chi connectivity index (χ1) is 6.20. The molecule has 0 aromatic rings. The summed E-state index contributed by atoms with van der Waals surface area (Å²) in [4.78, 5) is 2.31. The van der Waals surface area contributed by atoms with E-state index in [1.165, 1.54) is 12.8 Å². The molecule has 4 heteroatoms. The summed E-state index contributed by atoms with van der Waals surface area (Å²) >= 11 is 0. The molecule has 0 saturated heterocycles. The first-order valence-electron chi connectivity index (χ1n) is 4.93. The molecule has 0 aromatic heterocycles. The van der Waals surface area contributed by atoms with E-state index in [4.69, 9.17) is 10.9 Å². The maximum Gasteiger partial charge on any atom is 0.156 e. The first-order valence-corrected chi connectivity index (χ1v) is 4.93. The van der Waals surface area contributed by atoms with Crippen molar-refractivity contribution in [3.8, 4) is 0 Å². The Bertz CT molecular complexity index is 189. The number of hydrogen-bond donors (Lipinski definition) is 2. The van der Waals surface area contributed by atoms with Crippen LogP contribution >= 0.6 is 0 Å². The highest BCUT2D eigenvalue weighted by atomic mass is 16.4. The van der Waals surface area contributed by atoms with Crippen LogP contribution in [0.15, 0.2) is 5.16 Å².